The maximum Gasteiger partial charge on any atom is 0.322 e. The average molecular weight is 276 g/mol. The number of benzene rings is 1. The van der Waals surface area contributed by atoms with Crippen LogP contribution in [0.15, 0.2) is 36.9 Å². The number of carbonyl (C=O) groups is 1. The molecule has 0 saturated heterocycles. The zero-order valence-electron chi connectivity index (χ0n) is 12.1. The maximum absolute atomic E-state index is 12.0. The fraction of sp³-hybridized carbons (Fsp3) is 0.438. The fourth-order valence-corrected chi connectivity index (χ4v) is 1.89. The van der Waals surface area contributed by atoms with Crippen LogP contribution in [0.5, 0.6) is 0 Å². The van der Waals surface area contributed by atoms with Gasteiger partial charge in [0.2, 0.25) is 0 Å². The van der Waals surface area contributed by atoms with Gasteiger partial charge in [0.15, 0.2) is 0 Å². The first-order chi connectivity index (χ1) is 9.71. The lowest BCUT2D eigenvalue weighted by atomic mass is 10.1. The van der Waals surface area contributed by atoms with Crippen molar-refractivity contribution in [3.8, 4) is 0 Å². The number of hydrogen-bond acceptors (Lipinski definition) is 2. The molecule has 0 radical (unpaired) electrons. The van der Waals surface area contributed by atoms with E-state index in [2.05, 4.69) is 18.8 Å². The first-order valence-electron chi connectivity index (χ1n) is 7.07. The molecule has 0 fully saturated rings. The molecule has 0 aliphatic heterocycles. The molecule has 0 spiro atoms. The summed E-state index contributed by atoms with van der Waals surface area (Å²) in [4.78, 5) is 13.5. The van der Waals surface area contributed by atoms with Crippen LogP contribution in [0.1, 0.15) is 25.3 Å². The van der Waals surface area contributed by atoms with E-state index in [1.807, 2.05) is 24.3 Å². The van der Waals surface area contributed by atoms with E-state index < -0.39 is 0 Å². The Hall–Kier alpha value is -1.81. The Labute approximate surface area is 121 Å². The van der Waals surface area contributed by atoms with E-state index in [4.69, 9.17) is 5.11 Å². The maximum atomic E-state index is 12.0. The van der Waals surface area contributed by atoms with Gasteiger partial charge in [0.25, 0.3) is 0 Å². The molecule has 0 saturated carbocycles. The normalized spacial score (nSPS) is 10.1. The van der Waals surface area contributed by atoms with E-state index in [0.717, 1.165) is 12.1 Å². The fourth-order valence-electron chi connectivity index (χ4n) is 1.89. The lowest BCUT2D eigenvalue weighted by molar-refractivity contribution is 0.195. The molecule has 1 rings (SSSR count). The molecule has 0 atom stereocenters. The second kappa shape index (κ2) is 9.15. The molecule has 20 heavy (non-hydrogen) atoms. The van der Waals surface area contributed by atoms with Gasteiger partial charge < -0.3 is 15.3 Å². The quantitative estimate of drug-likeness (QED) is 0.717. The Morgan fingerprint density at radius 3 is 2.65 bits per heavy atom. The monoisotopic (exact) mass is 276 g/mol. The van der Waals surface area contributed by atoms with Crippen molar-refractivity contribution in [2.75, 3.05) is 25.0 Å². The number of anilines is 1. The van der Waals surface area contributed by atoms with Crippen molar-refractivity contribution in [1.29, 1.82) is 0 Å². The Kier molecular flexibility index (Phi) is 7.43. The Morgan fingerprint density at radius 1 is 1.40 bits per heavy atom. The molecule has 110 valence electrons. The SMILES string of the molecule is C=CCN(CCO)C(=O)Nc1ccc(CCCC)cc1. The van der Waals surface area contributed by atoms with Crippen LogP contribution < -0.4 is 5.32 Å². The van der Waals surface area contributed by atoms with Gasteiger partial charge in [-0.05, 0) is 30.5 Å². The highest BCUT2D eigenvalue weighted by atomic mass is 16.3. The van der Waals surface area contributed by atoms with Gasteiger partial charge in [-0.15, -0.1) is 6.58 Å². The highest BCUT2D eigenvalue weighted by Crippen LogP contribution is 2.12. The Bertz CT molecular complexity index is 415. The van der Waals surface area contributed by atoms with Gasteiger partial charge in [-0.2, -0.15) is 0 Å². The molecule has 2 amide bonds. The van der Waals surface area contributed by atoms with Gasteiger partial charge in [0, 0.05) is 18.8 Å². The van der Waals surface area contributed by atoms with Crippen molar-refractivity contribution >= 4 is 11.7 Å². The number of aliphatic hydroxyl groups is 1. The molecular weight excluding hydrogens is 252 g/mol. The highest BCUT2D eigenvalue weighted by Gasteiger charge is 2.11. The van der Waals surface area contributed by atoms with Gasteiger partial charge >= 0.3 is 6.03 Å². The molecule has 0 heterocycles. The number of amides is 2. The van der Waals surface area contributed by atoms with Crippen LogP contribution in [-0.2, 0) is 6.42 Å². The van der Waals surface area contributed by atoms with Gasteiger partial charge in [0.05, 0.1) is 6.61 Å². The first-order valence-corrected chi connectivity index (χ1v) is 7.07. The lowest BCUT2D eigenvalue weighted by Gasteiger charge is -2.20. The number of carbonyl (C=O) groups excluding carboxylic acids is 1. The summed E-state index contributed by atoms with van der Waals surface area (Å²) >= 11 is 0. The van der Waals surface area contributed by atoms with Crippen LogP contribution in [0.4, 0.5) is 10.5 Å². The number of nitrogens with zero attached hydrogens (tertiary/aromatic N) is 1. The Morgan fingerprint density at radius 2 is 2.10 bits per heavy atom. The molecule has 4 heteroatoms. The minimum Gasteiger partial charge on any atom is -0.395 e. The standard InChI is InChI=1S/C16H24N2O2/c1-3-5-6-14-7-9-15(10-8-14)17-16(20)18(11-4-2)12-13-19/h4,7-10,19H,2-3,5-6,11-13H2,1H3,(H,17,20). The molecule has 0 unspecified atom stereocenters. The van der Waals surface area contributed by atoms with Crippen molar-refractivity contribution in [3.05, 3.63) is 42.5 Å². The third kappa shape index (κ3) is 5.45. The van der Waals surface area contributed by atoms with Crippen LogP contribution in [0.3, 0.4) is 0 Å². The molecule has 0 aliphatic carbocycles. The van der Waals surface area contributed by atoms with Crippen molar-refractivity contribution < 1.29 is 9.90 Å². The summed E-state index contributed by atoms with van der Waals surface area (Å²) in [6, 6.07) is 7.67. The van der Waals surface area contributed by atoms with Crippen LogP contribution in [-0.4, -0.2) is 35.7 Å². The van der Waals surface area contributed by atoms with E-state index in [-0.39, 0.29) is 12.6 Å². The summed E-state index contributed by atoms with van der Waals surface area (Å²) < 4.78 is 0. The molecule has 0 bridgehead atoms. The summed E-state index contributed by atoms with van der Waals surface area (Å²) in [6.45, 7) is 6.44. The van der Waals surface area contributed by atoms with Crippen LogP contribution in [0.25, 0.3) is 0 Å². The van der Waals surface area contributed by atoms with E-state index in [9.17, 15) is 4.79 Å². The first kappa shape index (κ1) is 16.2. The van der Waals surface area contributed by atoms with Gasteiger partial charge in [-0.25, -0.2) is 4.79 Å². The zero-order chi connectivity index (χ0) is 14.8. The molecule has 1 aromatic carbocycles. The number of hydrogen-bond donors (Lipinski definition) is 2. The van der Waals surface area contributed by atoms with Gasteiger partial charge in [0.1, 0.15) is 0 Å². The van der Waals surface area contributed by atoms with E-state index in [1.54, 1.807) is 6.08 Å². The van der Waals surface area contributed by atoms with Crippen molar-refractivity contribution in [2.24, 2.45) is 0 Å². The minimum absolute atomic E-state index is 0.0583. The molecule has 0 aromatic heterocycles. The zero-order valence-corrected chi connectivity index (χ0v) is 12.1. The number of unbranched alkanes of at least 4 members (excludes halogenated alkanes) is 1. The van der Waals surface area contributed by atoms with E-state index in [1.165, 1.54) is 23.3 Å². The molecular formula is C16H24N2O2. The summed E-state index contributed by atoms with van der Waals surface area (Å²) in [7, 11) is 0. The van der Waals surface area contributed by atoms with E-state index in [0.29, 0.717) is 13.1 Å². The smallest absolute Gasteiger partial charge is 0.322 e. The van der Waals surface area contributed by atoms with Gasteiger partial charge in [-0.3, -0.25) is 0 Å². The Balaban J connectivity index is 2.57. The molecule has 2 N–H and O–H groups in total. The van der Waals surface area contributed by atoms with Crippen molar-refractivity contribution in [2.45, 2.75) is 26.2 Å². The average Bonchev–Trinajstić information content (AvgIpc) is 2.46. The lowest BCUT2D eigenvalue weighted by Crippen LogP contribution is -2.37. The number of rotatable bonds is 8. The number of aryl methyl sites for hydroxylation is 1. The molecule has 4 nitrogen and oxygen atoms in total. The second-order valence-electron chi connectivity index (χ2n) is 4.69. The predicted molar refractivity (Wildman–Crippen MR) is 82.9 cm³/mol. The summed E-state index contributed by atoms with van der Waals surface area (Å²) in [5.74, 6) is 0. The third-order valence-electron chi connectivity index (χ3n) is 3.03. The number of urea groups is 1. The second-order valence-corrected chi connectivity index (χ2v) is 4.69. The van der Waals surface area contributed by atoms with Crippen LogP contribution >= 0.6 is 0 Å². The summed E-state index contributed by atoms with van der Waals surface area (Å²) in [5.41, 5.74) is 2.05. The number of nitrogens with one attached hydrogen (secondary N) is 1. The molecule has 0 aliphatic rings. The highest BCUT2D eigenvalue weighted by molar-refractivity contribution is 5.89. The van der Waals surface area contributed by atoms with Crippen LogP contribution in [0, 0.1) is 0 Å². The predicted octanol–water partition coefficient (Wildman–Crippen LogP) is 3.04. The van der Waals surface area contributed by atoms with Crippen molar-refractivity contribution in [1.82, 2.24) is 4.90 Å². The summed E-state index contributed by atoms with van der Waals surface area (Å²) in [6.07, 6.45) is 5.06. The topological polar surface area (TPSA) is 52.6 Å². The largest absolute Gasteiger partial charge is 0.395 e. The third-order valence-corrected chi connectivity index (χ3v) is 3.03. The number of aliphatic hydroxyl groups excluding tert-OH is 1. The molecule has 1 aromatic rings. The van der Waals surface area contributed by atoms with E-state index >= 15 is 0 Å². The summed E-state index contributed by atoms with van der Waals surface area (Å²) in [5, 5.41) is 11.8. The van der Waals surface area contributed by atoms with Crippen molar-refractivity contribution in [3.63, 3.8) is 0 Å². The van der Waals surface area contributed by atoms with Crippen LogP contribution in [0.2, 0.25) is 0 Å². The minimum atomic E-state index is -0.222. The van der Waals surface area contributed by atoms with Gasteiger partial charge in [-0.1, -0.05) is 31.6 Å².